The number of aliphatic hydroxyl groups is 2. The second-order valence-corrected chi connectivity index (χ2v) is 20.5. The number of morpholine rings is 1. The number of carbonyl (C=O) groups is 4. The Hall–Kier alpha value is -8.78. The molecule has 3 fully saturated rings. The van der Waals surface area contributed by atoms with Gasteiger partial charge in [0, 0.05) is 61.6 Å². The first kappa shape index (κ1) is 53.2. The number of nitrogens with zero attached hydrogens (tertiary/aromatic N) is 4. The van der Waals surface area contributed by atoms with Gasteiger partial charge in [0.25, 0.3) is 0 Å². The fourth-order valence-corrected chi connectivity index (χ4v) is 12.2. The first-order valence-corrected chi connectivity index (χ1v) is 26.9. The molecule has 0 aromatic heterocycles. The van der Waals surface area contributed by atoms with E-state index in [1.807, 2.05) is 156 Å². The lowest BCUT2D eigenvalue weighted by atomic mass is 9.65. The van der Waals surface area contributed by atoms with Crippen LogP contribution in [0.15, 0.2) is 182 Å². The van der Waals surface area contributed by atoms with E-state index in [1.165, 1.54) is 4.90 Å². The van der Waals surface area contributed by atoms with E-state index >= 15 is 14.4 Å². The summed E-state index contributed by atoms with van der Waals surface area (Å²) in [6.07, 6.45) is -2.60. The third-order valence-electron chi connectivity index (χ3n) is 15.9. The molecule has 7 aromatic carbocycles. The van der Waals surface area contributed by atoms with Gasteiger partial charge in [0.1, 0.15) is 35.7 Å². The van der Waals surface area contributed by atoms with E-state index in [0.29, 0.717) is 76.9 Å². The topological polar surface area (TPSA) is 173 Å². The van der Waals surface area contributed by atoms with Crippen molar-refractivity contribution >= 4 is 40.8 Å². The number of aliphatic hydroxyl groups excluding tert-OH is 2. The monoisotopic (exact) mass is 1070 g/mol. The first-order valence-electron chi connectivity index (χ1n) is 26.9. The number of ether oxygens (including phenoxy) is 3. The Bertz CT molecular complexity index is 3440. The zero-order chi connectivity index (χ0) is 55.5. The molecule has 80 heavy (non-hydrogen) atoms. The van der Waals surface area contributed by atoms with Gasteiger partial charge in [0.05, 0.1) is 37.4 Å². The predicted molar refractivity (Wildman–Crippen MR) is 303 cm³/mol. The van der Waals surface area contributed by atoms with E-state index in [2.05, 4.69) is 27.4 Å². The van der Waals surface area contributed by atoms with E-state index < -0.39 is 65.7 Å². The number of carbonyl (C=O) groups excluding carboxylic acids is 4. The standard InChI is InChI=1S/C65H62N6O9/c1-42(46-14-7-4-8-15-46)66-64(77)70-55-33-26-45(23-22-44-24-31-52(78-3)32-25-44)40-54(55)65(63(70)76)56(61(74)67-50-27-29-51(30-28-50)69-36-34-68(35-37-69)43(2)73)58-62(75)80-59(48-18-11-6-12-19-48)57(47-16-9-5-10-17-47)71(58)60(65)49-20-13-21-53(41-49)79-39-38-72/h4-21,24-33,40-42,56-60,64,66,72,77H,34-39H2,1-3H3,(H,67,74)/t42-,56+,57+,58+,59-,60-,64?,65+/m0/s1. The minimum absolute atomic E-state index is 0.0255. The quantitative estimate of drug-likeness (QED) is 0.0470. The summed E-state index contributed by atoms with van der Waals surface area (Å²) < 4.78 is 18.2. The Labute approximate surface area is 465 Å². The third kappa shape index (κ3) is 10.0. The van der Waals surface area contributed by atoms with Crippen LogP contribution in [0.1, 0.15) is 77.0 Å². The maximum atomic E-state index is 17.1. The number of fused-ring (bicyclic) bond motifs is 3. The Morgan fingerprint density at radius 3 is 2.02 bits per heavy atom. The summed E-state index contributed by atoms with van der Waals surface area (Å²) in [5, 5.41) is 29.2. The summed E-state index contributed by atoms with van der Waals surface area (Å²) >= 11 is 0. The molecule has 11 rings (SSSR count). The molecule has 4 aliphatic rings. The number of benzene rings is 7. The number of rotatable bonds is 14. The molecule has 0 bridgehead atoms. The Morgan fingerprint density at radius 1 is 0.725 bits per heavy atom. The molecule has 15 heteroatoms. The van der Waals surface area contributed by atoms with Crippen molar-refractivity contribution in [1.82, 2.24) is 15.1 Å². The minimum Gasteiger partial charge on any atom is -0.497 e. The molecule has 1 spiro atoms. The van der Waals surface area contributed by atoms with Crippen LogP contribution in [0, 0.1) is 17.8 Å². The van der Waals surface area contributed by atoms with Crippen molar-refractivity contribution in [3.63, 3.8) is 0 Å². The van der Waals surface area contributed by atoms with Gasteiger partial charge in [-0.3, -0.25) is 34.3 Å². The summed E-state index contributed by atoms with van der Waals surface area (Å²) in [6, 6.07) is 52.0. The van der Waals surface area contributed by atoms with Gasteiger partial charge in [-0.1, -0.05) is 115 Å². The number of amides is 3. The van der Waals surface area contributed by atoms with Gasteiger partial charge in [0.2, 0.25) is 17.7 Å². The number of hydrogen-bond donors (Lipinski definition) is 4. The average Bonchev–Trinajstić information content (AvgIpc) is 1.89. The van der Waals surface area contributed by atoms with E-state index in [0.717, 1.165) is 16.8 Å². The highest BCUT2D eigenvalue weighted by Gasteiger charge is 2.75. The molecule has 406 valence electrons. The fraction of sp³-hybridized carbons (Fsp3) is 0.262. The molecular formula is C65H62N6O9. The maximum absolute atomic E-state index is 17.1. The molecule has 0 saturated carbocycles. The number of piperazine rings is 1. The lowest BCUT2D eigenvalue weighted by molar-refractivity contribution is -0.177. The van der Waals surface area contributed by atoms with Crippen LogP contribution in [0.3, 0.4) is 0 Å². The van der Waals surface area contributed by atoms with Crippen LogP contribution >= 0.6 is 0 Å². The zero-order valence-corrected chi connectivity index (χ0v) is 44.6. The van der Waals surface area contributed by atoms with Crippen molar-refractivity contribution in [2.45, 2.75) is 55.9 Å². The molecule has 1 unspecified atom stereocenters. The lowest BCUT2D eigenvalue weighted by Crippen LogP contribution is -2.57. The van der Waals surface area contributed by atoms with Gasteiger partial charge < -0.3 is 39.5 Å². The summed E-state index contributed by atoms with van der Waals surface area (Å²) in [6.45, 7) is 5.59. The Morgan fingerprint density at radius 2 is 1.36 bits per heavy atom. The van der Waals surface area contributed by atoms with E-state index in [4.69, 9.17) is 14.2 Å². The fourth-order valence-electron chi connectivity index (χ4n) is 12.2. The molecule has 4 N–H and O–H groups in total. The molecule has 4 heterocycles. The van der Waals surface area contributed by atoms with Gasteiger partial charge in [-0.15, -0.1) is 0 Å². The number of hydrogen-bond acceptors (Lipinski definition) is 12. The number of methoxy groups -OCH3 is 1. The normalized spacial score (nSPS) is 22.1. The first-order chi connectivity index (χ1) is 39.0. The smallest absolute Gasteiger partial charge is 0.324 e. The van der Waals surface area contributed by atoms with Crippen molar-refractivity contribution in [1.29, 1.82) is 0 Å². The van der Waals surface area contributed by atoms with Crippen molar-refractivity contribution in [3.8, 4) is 23.3 Å². The molecule has 4 aliphatic heterocycles. The van der Waals surface area contributed by atoms with Crippen LogP contribution < -0.4 is 29.9 Å². The molecule has 8 atom stereocenters. The van der Waals surface area contributed by atoms with Crippen molar-refractivity contribution in [2.24, 2.45) is 5.92 Å². The van der Waals surface area contributed by atoms with Crippen LogP contribution in [0.4, 0.5) is 17.1 Å². The van der Waals surface area contributed by atoms with Crippen LogP contribution in [0.2, 0.25) is 0 Å². The second kappa shape index (κ2) is 22.9. The van der Waals surface area contributed by atoms with Gasteiger partial charge in [-0.05, 0) is 114 Å². The lowest BCUT2D eigenvalue weighted by Gasteiger charge is -2.46. The minimum atomic E-state index is -2.04. The Balaban J connectivity index is 1.14. The number of esters is 1. The Kier molecular flexibility index (Phi) is 15.2. The van der Waals surface area contributed by atoms with E-state index in [1.54, 1.807) is 56.5 Å². The number of cyclic esters (lactones) is 1. The molecular weight excluding hydrogens is 1010 g/mol. The third-order valence-corrected chi connectivity index (χ3v) is 15.9. The SMILES string of the molecule is COc1ccc(C#Cc2ccc3c(c2)[C@]2(C(=O)N3C(O)N[C@@H](C)c3ccccc3)[C@H](c3cccc(OCCO)c3)N3[C@H](c4ccccc4)[C@H](c4ccccc4)OC(=O)[C@H]3[C@@H]2C(=O)Nc2ccc(N3CCN(C(C)=O)CC3)cc2)cc1. The van der Waals surface area contributed by atoms with Crippen molar-refractivity contribution in [3.05, 3.63) is 221 Å². The van der Waals surface area contributed by atoms with Gasteiger partial charge in [-0.25, -0.2) is 0 Å². The van der Waals surface area contributed by atoms with E-state index in [9.17, 15) is 15.0 Å². The van der Waals surface area contributed by atoms with Crippen LogP contribution in [0.5, 0.6) is 11.5 Å². The highest BCUT2D eigenvalue weighted by Crippen LogP contribution is 2.66. The van der Waals surface area contributed by atoms with Crippen LogP contribution in [-0.2, 0) is 29.3 Å². The summed E-state index contributed by atoms with van der Waals surface area (Å²) in [4.78, 5) is 68.6. The molecule has 0 aliphatic carbocycles. The summed E-state index contributed by atoms with van der Waals surface area (Å²) in [7, 11) is 1.59. The van der Waals surface area contributed by atoms with Gasteiger partial charge in [0.15, 0.2) is 6.35 Å². The van der Waals surface area contributed by atoms with E-state index in [-0.39, 0.29) is 19.1 Å². The van der Waals surface area contributed by atoms with Crippen molar-refractivity contribution < 1.29 is 43.6 Å². The highest BCUT2D eigenvalue weighted by molar-refractivity contribution is 6.15. The summed E-state index contributed by atoms with van der Waals surface area (Å²) in [5.74, 6) is 4.10. The number of anilines is 3. The molecule has 7 aromatic rings. The molecule has 0 radical (unpaired) electrons. The summed E-state index contributed by atoms with van der Waals surface area (Å²) in [5.41, 5.74) is 3.97. The zero-order valence-electron chi connectivity index (χ0n) is 44.6. The molecule has 15 nitrogen and oxygen atoms in total. The predicted octanol–water partition coefficient (Wildman–Crippen LogP) is 8.07. The average molecular weight is 1070 g/mol. The highest BCUT2D eigenvalue weighted by atomic mass is 16.6. The largest absolute Gasteiger partial charge is 0.497 e. The molecule has 3 amide bonds. The molecule has 3 saturated heterocycles. The van der Waals surface area contributed by atoms with Crippen LogP contribution in [0.25, 0.3) is 0 Å². The maximum Gasteiger partial charge on any atom is 0.324 e. The van der Waals surface area contributed by atoms with Crippen LogP contribution in [-0.4, -0.2) is 103 Å². The van der Waals surface area contributed by atoms with Gasteiger partial charge in [-0.2, -0.15) is 0 Å². The number of nitrogens with one attached hydrogen (secondary N) is 2. The van der Waals surface area contributed by atoms with Gasteiger partial charge >= 0.3 is 5.97 Å². The second-order valence-electron chi connectivity index (χ2n) is 20.5. The van der Waals surface area contributed by atoms with Crippen molar-refractivity contribution in [2.75, 3.05) is 61.6 Å².